The predicted octanol–water partition coefficient (Wildman–Crippen LogP) is 5.43. The molecule has 8 heteroatoms. The number of aromatic nitrogens is 1. The van der Waals surface area contributed by atoms with Crippen molar-refractivity contribution in [2.45, 2.75) is 35.8 Å². The molecule has 2 N–H and O–H groups in total. The molecule has 1 aromatic heterocycles. The van der Waals surface area contributed by atoms with E-state index in [2.05, 4.69) is 10.3 Å². The molecule has 6 nitrogen and oxygen atoms in total. The van der Waals surface area contributed by atoms with Crippen LogP contribution in [-0.2, 0) is 15.3 Å². The van der Waals surface area contributed by atoms with Gasteiger partial charge in [-0.15, -0.1) is 11.3 Å². The van der Waals surface area contributed by atoms with E-state index in [-0.39, 0.29) is 5.91 Å². The molecule has 162 valence electrons. The van der Waals surface area contributed by atoms with Gasteiger partial charge in [0.15, 0.2) is 4.34 Å². The summed E-state index contributed by atoms with van der Waals surface area (Å²) in [6.07, 6.45) is 2.95. The van der Waals surface area contributed by atoms with Crippen molar-refractivity contribution in [1.82, 2.24) is 4.98 Å². The van der Waals surface area contributed by atoms with Crippen LogP contribution in [0.4, 0.5) is 5.69 Å². The quantitative estimate of drug-likeness (QED) is 0.461. The Morgan fingerprint density at radius 1 is 1.16 bits per heavy atom. The number of rotatable bonds is 7. The fourth-order valence-corrected chi connectivity index (χ4v) is 5.95. The zero-order valence-electron chi connectivity index (χ0n) is 17.2. The van der Waals surface area contributed by atoms with Crippen LogP contribution in [0, 0.1) is 11.8 Å². The van der Waals surface area contributed by atoms with Crippen LogP contribution in [0.5, 0.6) is 5.75 Å². The van der Waals surface area contributed by atoms with Gasteiger partial charge in [-0.25, -0.2) is 4.98 Å². The highest BCUT2D eigenvalue weighted by Crippen LogP contribution is 2.34. The number of amides is 1. The molecule has 0 bridgehead atoms. The molecule has 1 saturated carbocycles. The molecule has 3 aromatic rings. The Balaban J connectivity index is 1.42. The number of carboxylic acids is 1. The van der Waals surface area contributed by atoms with Gasteiger partial charge in [-0.05, 0) is 48.7 Å². The van der Waals surface area contributed by atoms with Gasteiger partial charge in [-0.2, -0.15) is 0 Å². The molecule has 1 aliphatic carbocycles. The highest BCUT2D eigenvalue weighted by molar-refractivity contribution is 8.00. The Hall–Kier alpha value is -2.58. The van der Waals surface area contributed by atoms with Crippen LogP contribution in [0.1, 0.15) is 31.2 Å². The van der Waals surface area contributed by atoms with Crippen LogP contribution < -0.4 is 10.1 Å². The number of fused-ring (bicyclic) bond motifs is 1. The number of benzene rings is 2. The molecule has 0 saturated heterocycles. The molecule has 2 aromatic carbocycles. The number of nitrogens with one attached hydrogen (secondary N) is 1. The smallest absolute Gasteiger partial charge is 0.307 e. The number of methoxy groups -OCH3 is 1. The van der Waals surface area contributed by atoms with Gasteiger partial charge < -0.3 is 15.2 Å². The second kappa shape index (κ2) is 9.70. The van der Waals surface area contributed by atoms with Gasteiger partial charge in [0, 0.05) is 11.4 Å². The minimum absolute atomic E-state index is 0.204. The van der Waals surface area contributed by atoms with E-state index < -0.39 is 17.8 Å². The Labute approximate surface area is 189 Å². The Morgan fingerprint density at radius 3 is 2.61 bits per heavy atom. The zero-order valence-corrected chi connectivity index (χ0v) is 18.8. The van der Waals surface area contributed by atoms with E-state index in [1.165, 1.54) is 5.56 Å². The summed E-state index contributed by atoms with van der Waals surface area (Å²) in [6, 6.07) is 13.6. The van der Waals surface area contributed by atoms with Gasteiger partial charge in [0.25, 0.3) is 0 Å². The monoisotopic (exact) mass is 456 g/mol. The van der Waals surface area contributed by atoms with E-state index in [9.17, 15) is 14.7 Å². The molecule has 4 rings (SSSR count). The summed E-state index contributed by atoms with van der Waals surface area (Å²) < 4.78 is 7.15. The van der Waals surface area contributed by atoms with Crippen LogP contribution in [0.25, 0.3) is 10.2 Å². The summed E-state index contributed by atoms with van der Waals surface area (Å²) in [5.74, 6) is -0.500. The van der Waals surface area contributed by atoms with Crippen molar-refractivity contribution in [2.75, 3.05) is 12.4 Å². The van der Waals surface area contributed by atoms with E-state index in [0.29, 0.717) is 18.5 Å². The first-order chi connectivity index (χ1) is 15.0. The summed E-state index contributed by atoms with van der Waals surface area (Å²) in [4.78, 5) is 28.9. The van der Waals surface area contributed by atoms with Gasteiger partial charge in [-0.1, -0.05) is 36.7 Å². The van der Waals surface area contributed by atoms with Crippen molar-refractivity contribution >= 4 is 50.9 Å². The molecule has 0 unspecified atom stereocenters. The summed E-state index contributed by atoms with van der Waals surface area (Å²) in [7, 11) is 1.65. The van der Waals surface area contributed by atoms with E-state index in [1.807, 2.05) is 42.5 Å². The number of carbonyl (C=O) groups is 2. The predicted molar refractivity (Wildman–Crippen MR) is 124 cm³/mol. The van der Waals surface area contributed by atoms with E-state index >= 15 is 0 Å². The van der Waals surface area contributed by atoms with Gasteiger partial charge in [-0.3, -0.25) is 9.59 Å². The Bertz CT molecular complexity index is 1080. The second-order valence-corrected chi connectivity index (χ2v) is 9.88. The van der Waals surface area contributed by atoms with Gasteiger partial charge in [0.05, 0.1) is 29.2 Å². The van der Waals surface area contributed by atoms with Crippen LogP contribution in [-0.4, -0.2) is 29.1 Å². The maximum atomic E-state index is 12.7. The van der Waals surface area contributed by atoms with Crippen molar-refractivity contribution in [3.63, 3.8) is 0 Å². The average Bonchev–Trinajstić information content (AvgIpc) is 3.20. The lowest BCUT2D eigenvalue weighted by Crippen LogP contribution is -2.36. The van der Waals surface area contributed by atoms with Crippen molar-refractivity contribution in [2.24, 2.45) is 11.8 Å². The highest BCUT2D eigenvalue weighted by atomic mass is 32.2. The number of nitrogens with zero attached hydrogens (tertiary/aromatic N) is 1. The molecule has 1 fully saturated rings. The van der Waals surface area contributed by atoms with Crippen LogP contribution in [0.3, 0.4) is 0 Å². The Kier molecular flexibility index (Phi) is 6.77. The van der Waals surface area contributed by atoms with Gasteiger partial charge in [0.1, 0.15) is 5.75 Å². The number of anilines is 1. The van der Waals surface area contributed by atoms with Crippen LogP contribution >= 0.6 is 23.1 Å². The number of hydrogen-bond acceptors (Lipinski definition) is 6. The lowest BCUT2D eigenvalue weighted by Gasteiger charge is -2.27. The fourth-order valence-electron chi connectivity index (χ4n) is 3.89. The van der Waals surface area contributed by atoms with Crippen molar-refractivity contribution in [3.8, 4) is 5.75 Å². The number of thioether (sulfide) groups is 1. The van der Waals surface area contributed by atoms with Crippen molar-refractivity contribution in [1.29, 1.82) is 0 Å². The minimum Gasteiger partial charge on any atom is -0.497 e. The second-order valence-electron chi connectivity index (χ2n) is 7.62. The third kappa shape index (κ3) is 5.19. The molecule has 0 aliphatic heterocycles. The summed E-state index contributed by atoms with van der Waals surface area (Å²) in [5.41, 5.74) is 2.77. The molecule has 2 atom stereocenters. The zero-order chi connectivity index (χ0) is 21.8. The Morgan fingerprint density at radius 2 is 1.90 bits per heavy atom. The van der Waals surface area contributed by atoms with E-state index in [1.54, 1.807) is 30.2 Å². The number of carboxylic acid groups (broad SMARTS) is 1. The highest BCUT2D eigenvalue weighted by Gasteiger charge is 2.35. The fraction of sp³-hybridized carbons (Fsp3) is 0.348. The molecule has 0 spiro atoms. The number of aliphatic carboxylic acids is 1. The summed E-state index contributed by atoms with van der Waals surface area (Å²) in [5, 5.41) is 12.4. The SMILES string of the molecule is COc1ccc(CSc2nc3ccc(NC(=O)[C@H]4CCCC[C@@H]4C(=O)O)cc3s2)cc1. The van der Waals surface area contributed by atoms with Gasteiger partial charge >= 0.3 is 5.97 Å². The topological polar surface area (TPSA) is 88.5 Å². The van der Waals surface area contributed by atoms with Crippen molar-refractivity contribution < 1.29 is 19.4 Å². The largest absolute Gasteiger partial charge is 0.497 e. The summed E-state index contributed by atoms with van der Waals surface area (Å²) in [6.45, 7) is 0. The lowest BCUT2D eigenvalue weighted by molar-refractivity contribution is -0.147. The first kappa shape index (κ1) is 21.6. The van der Waals surface area contributed by atoms with Crippen LogP contribution in [0.2, 0.25) is 0 Å². The number of thiazole rings is 1. The van der Waals surface area contributed by atoms with Gasteiger partial charge in [0.2, 0.25) is 5.91 Å². The van der Waals surface area contributed by atoms with Crippen molar-refractivity contribution in [3.05, 3.63) is 48.0 Å². The molecule has 1 heterocycles. The molecule has 31 heavy (non-hydrogen) atoms. The molecule has 0 radical (unpaired) electrons. The third-order valence-corrected chi connectivity index (χ3v) is 7.81. The lowest BCUT2D eigenvalue weighted by atomic mass is 9.78. The number of carbonyl (C=O) groups excluding carboxylic acids is 1. The first-order valence-electron chi connectivity index (χ1n) is 10.2. The molecule has 1 amide bonds. The van der Waals surface area contributed by atoms with E-state index in [0.717, 1.165) is 38.9 Å². The average molecular weight is 457 g/mol. The van der Waals surface area contributed by atoms with Crippen LogP contribution in [0.15, 0.2) is 46.8 Å². The molecule has 1 aliphatic rings. The number of ether oxygens (including phenoxy) is 1. The minimum atomic E-state index is -0.878. The maximum Gasteiger partial charge on any atom is 0.307 e. The standard InChI is InChI=1S/C23H24N2O4S2/c1-29-16-9-6-14(7-10-16)13-30-23-25-19-11-8-15(12-20(19)31-23)24-21(26)17-4-2-3-5-18(17)22(27)28/h6-12,17-18H,2-5,13H2,1H3,(H,24,26)(H,27,28)/t17-,18-/m0/s1. The maximum absolute atomic E-state index is 12.7. The normalized spacial score (nSPS) is 18.6. The number of hydrogen-bond donors (Lipinski definition) is 2. The molecular weight excluding hydrogens is 432 g/mol. The first-order valence-corrected chi connectivity index (χ1v) is 12.0. The molecular formula is C23H24N2O4S2. The van der Waals surface area contributed by atoms with E-state index in [4.69, 9.17) is 4.74 Å². The third-order valence-electron chi connectivity index (χ3n) is 5.58. The summed E-state index contributed by atoms with van der Waals surface area (Å²) >= 11 is 3.26.